The number of nitrogens with zero attached hydrogens (tertiary/aromatic N) is 1. The molecule has 0 aromatic heterocycles. The molecule has 1 aliphatic rings. The highest BCUT2D eigenvalue weighted by Gasteiger charge is 2.20. The fourth-order valence-corrected chi connectivity index (χ4v) is 1.34. The second kappa shape index (κ2) is 3.09. The van der Waals surface area contributed by atoms with Gasteiger partial charge in [0, 0.05) is 37.3 Å². The van der Waals surface area contributed by atoms with Crippen LogP contribution in [0.3, 0.4) is 0 Å². The molecule has 1 rings (SSSR count). The number of piperidine rings is 1. The van der Waals surface area contributed by atoms with Gasteiger partial charge in [-0.3, -0.25) is 0 Å². The minimum Gasteiger partial charge on any atom is -0.353 e. The van der Waals surface area contributed by atoms with Crippen molar-refractivity contribution in [1.29, 1.82) is 0 Å². The number of nitrogens with one attached hydrogen (secondary N) is 1. The zero-order chi connectivity index (χ0) is 8.43. The molecular weight excluding hydrogens is 136 g/mol. The summed E-state index contributed by atoms with van der Waals surface area (Å²) in [5, 5.41) is 3.24. The minimum atomic E-state index is 0.534. The Morgan fingerprint density at radius 3 is 2.18 bits per heavy atom. The Labute approximate surface area is 68.6 Å². The molecule has 1 N–H and O–H groups in total. The van der Waals surface area contributed by atoms with Gasteiger partial charge in [-0.2, -0.15) is 0 Å². The fourth-order valence-electron chi connectivity index (χ4n) is 1.34. The van der Waals surface area contributed by atoms with E-state index in [1.165, 1.54) is 0 Å². The molecule has 0 bridgehead atoms. The van der Waals surface area contributed by atoms with Gasteiger partial charge in [0.1, 0.15) is 0 Å². The highest BCUT2D eigenvalue weighted by Crippen LogP contribution is 2.24. The van der Waals surface area contributed by atoms with E-state index in [9.17, 15) is 0 Å². The summed E-state index contributed by atoms with van der Waals surface area (Å²) in [6.07, 6.45) is 2.07. The maximum atomic E-state index is 3.97. The molecule has 0 spiro atoms. The van der Waals surface area contributed by atoms with Crippen LogP contribution in [0.2, 0.25) is 0 Å². The van der Waals surface area contributed by atoms with Crippen molar-refractivity contribution < 1.29 is 0 Å². The molecule has 0 atom stereocenters. The largest absolute Gasteiger partial charge is 0.353 e. The number of hydrogen-bond donors (Lipinski definition) is 1. The third-order valence-corrected chi connectivity index (χ3v) is 2.32. The topological polar surface area (TPSA) is 15.3 Å². The molecule has 0 aromatic carbocycles. The first kappa shape index (κ1) is 8.34. The van der Waals surface area contributed by atoms with Crippen LogP contribution in [0, 0.1) is 0 Å². The van der Waals surface area contributed by atoms with Crippen LogP contribution in [-0.4, -0.2) is 25.0 Å². The number of hydrogen-bond acceptors (Lipinski definition) is 2. The van der Waals surface area contributed by atoms with Gasteiger partial charge in [0.2, 0.25) is 0 Å². The zero-order valence-corrected chi connectivity index (χ0v) is 7.35. The maximum Gasteiger partial charge on any atom is 0.0173 e. The van der Waals surface area contributed by atoms with E-state index < -0.39 is 0 Å². The summed E-state index contributed by atoms with van der Waals surface area (Å²) in [4.78, 5) is 2.08. The second-order valence-corrected chi connectivity index (χ2v) is 3.09. The summed E-state index contributed by atoms with van der Waals surface area (Å²) in [7, 11) is 4.01. The van der Waals surface area contributed by atoms with E-state index in [4.69, 9.17) is 0 Å². The van der Waals surface area contributed by atoms with Crippen molar-refractivity contribution in [1.82, 2.24) is 10.2 Å². The summed E-state index contributed by atoms with van der Waals surface area (Å²) in [6, 6.07) is 0.534. The van der Waals surface area contributed by atoms with Gasteiger partial charge in [0.05, 0.1) is 0 Å². The fraction of sp³-hybridized carbons (Fsp3) is 0.556. The van der Waals surface area contributed by atoms with Crippen LogP contribution in [-0.2, 0) is 0 Å². The molecule has 0 aliphatic carbocycles. The molecule has 0 radical (unpaired) electrons. The lowest BCUT2D eigenvalue weighted by atomic mass is 10.0. The molecule has 0 unspecified atom stereocenters. The predicted octanol–water partition coefficient (Wildman–Crippen LogP) is 1.33. The lowest BCUT2D eigenvalue weighted by Crippen LogP contribution is -2.35. The second-order valence-electron chi connectivity index (χ2n) is 3.09. The van der Waals surface area contributed by atoms with Gasteiger partial charge in [0.15, 0.2) is 0 Å². The first-order valence-electron chi connectivity index (χ1n) is 3.91. The Bertz CT molecular complexity index is 166. The van der Waals surface area contributed by atoms with Crippen molar-refractivity contribution in [2.45, 2.75) is 18.9 Å². The smallest absolute Gasteiger partial charge is 0.0173 e. The van der Waals surface area contributed by atoms with Crippen molar-refractivity contribution in [3.05, 3.63) is 24.6 Å². The normalized spacial score (nSPS) is 21.1. The zero-order valence-electron chi connectivity index (χ0n) is 7.35. The molecule has 1 aliphatic heterocycles. The van der Waals surface area contributed by atoms with E-state index in [2.05, 4.69) is 23.4 Å². The Kier molecular flexibility index (Phi) is 2.35. The average molecular weight is 152 g/mol. The van der Waals surface area contributed by atoms with Gasteiger partial charge in [-0.15, -0.1) is 0 Å². The monoisotopic (exact) mass is 152 g/mol. The van der Waals surface area contributed by atoms with E-state index in [-0.39, 0.29) is 0 Å². The summed E-state index contributed by atoms with van der Waals surface area (Å²) >= 11 is 0. The van der Waals surface area contributed by atoms with Gasteiger partial charge >= 0.3 is 0 Å². The molecule has 0 amide bonds. The SMILES string of the molecule is C=C1CC(NC)CC(=C)N1C. The molecule has 11 heavy (non-hydrogen) atoms. The molecule has 1 saturated heterocycles. The first-order valence-corrected chi connectivity index (χ1v) is 3.91. The average Bonchev–Trinajstić information content (AvgIpc) is 1.99. The number of rotatable bonds is 1. The van der Waals surface area contributed by atoms with Crippen molar-refractivity contribution in [2.75, 3.05) is 14.1 Å². The Morgan fingerprint density at radius 2 is 1.82 bits per heavy atom. The lowest BCUT2D eigenvalue weighted by Gasteiger charge is -2.34. The third kappa shape index (κ3) is 1.63. The van der Waals surface area contributed by atoms with Gasteiger partial charge in [-0.25, -0.2) is 0 Å². The van der Waals surface area contributed by atoms with Crippen LogP contribution in [0.15, 0.2) is 24.6 Å². The van der Waals surface area contributed by atoms with Crippen LogP contribution in [0.1, 0.15) is 12.8 Å². The van der Waals surface area contributed by atoms with Crippen molar-refractivity contribution in [3.63, 3.8) is 0 Å². The molecular formula is C9H16N2. The summed E-state index contributed by atoms with van der Waals surface area (Å²) in [5.41, 5.74) is 2.31. The van der Waals surface area contributed by atoms with E-state index in [1.807, 2.05) is 14.1 Å². The maximum absolute atomic E-state index is 3.97. The van der Waals surface area contributed by atoms with Gasteiger partial charge in [0.25, 0.3) is 0 Å². The molecule has 2 heteroatoms. The molecule has 1 heterocycles. The van der Waals surface area contributed by atoms with Crippen LogP contribution < -0.4 is 5.32 Å². The molecule has 0 aromatic rings. The number of likely N-dealkylation sites (tertiary alicyclic amines) is 1. The van der Waals surface area contributed by atoms with Crippen LogP contribution in [0.5, 0.6) is 0 Å². The van der Waals surface area contributed by atoms with Gasteiger partial charge < -0.3 is 10.2 Å². The van der Waals surface area contributed by atoms with Gasteiger partial charge in [-0.05, 0) is 7.05 Å². The first-order chi connectivity index (χ1) is 5.15. The van der Waals surface area contributed by atoms with Crippen molar-refractivity contribution >= 4 is 0 Å². The Balaban J connectivity index is 2.62. The van der Waals surface area contributed by atoms with Crippen LogP contribution >= 0.6 is 0 Å². The standard InChI is InChI=1S/C9H16N2/c1-7-5-9(10-3)6-8(2)11(7)4/h9-10H,1-2,5-6H2,3-4H3. The molecule has 0 saturated carbocycles. The highest BCUT2D eigenvalue weighted by molar-refractivity contribution is 5.14. The third-order valence-electron chi connectivity index (χ3n) is 2.32. The molecule has 2 nitrogen and oxygen atoms in total. The molecule has 1 fully saturated rings. The van der Waals surface area contributed by atoms with E-state index in [0.717, 1.165) is 24.2 Å². The minimum absolute atomic E-state index is 0.534. The van der Waals surface area contributed by atoms with Gasteiger partial charge in [-0.1, -0.05) is 13.2 Å². The Hall–Kier alpha value is -0.760. The van der Waals surface area contributed by atoms with Crippen molar-refractivity contribution in [2.24, 2.45) is 0 Å². The summed E-state index contributed by atoms with van der Waals surface area (Å²) in [6.45, 7) is 7.94. The summed E-state index contributed by atoms with van der Waals surface area (Å²) in [5.74, 6) is 0. The lowest BCUT2D eigenvalue weighted by molar-refractivity contribution is 0.368. The van der Waals surface area contributed by atoms with Crippen molar-refractivity contribution in [3.8, 4) is 0 Å². The van der Waals surface area contributed by atoms with Crippen LogP contribution in [0.4, 0.5) is 0 Å². The van der Waals surface area contributed by atoms with E-state index in [0.29, 0.717) is 6.04 Å². The highest BCUT2D eigenvalue weighted by atomic mass is 15.1. The summed E-state index contributed by atoms with van der Waals surface area (Å²) < 4.78 is 0. The predicted molar refractivity (Wildman–Crippen MR) is 48.1 cm³/mol. The van der Waals surface area contributed by atoms with Crippen LogP contribution in [0.25, 0.3) is 0 Å². The van der Waals surface area contributed by atoms with E-state index >= 15 is 0 Å². The molecule has 62 valence electrons. The Morgan fingerprint density at radius 1 is 1.36 bits per heavy atom. The van der Waals surface area contributed by atoms with E-state index in [1.54, 1.807) is 0 Å². The quantitative estimate of drug-likeness (QED) is 0.609.